The fraction of sp³-hybridized carbons (Fsp3) is 0.500. The van der Waals surface area contributed by atoms with E-state index >= 15 is 0 Å². The Bertz CT molecular complexity index is 368. The SMILES string of the molecule is CC(C)c1ccc(NC(=O)N(C)C(C)C)cc1. The first-order valence-corrected chi connectivity index (χ1v) is 6.05. The number of nitrogens with zero attached hydrogens (tertiary/aromatic N) is 1. The quantitative estimate of drug-likeness (QED) is 0.850. The molecule has 0 fully saturated rings. The molecular formula is C14H22N2O. The van der Waals surface area contributed by atoms with Crippen molar-refractivity contribution in [3.8, 4) is 0 Å². The molecule has 0 atom stereocenters. The molecule has 0 spiro atoms. The second kappa shape index (κ2) is 5.71. The molecule has 0 aliphatic rings. The molecule has 1 aromatic rings. The zero-order chi connectivity index (χ0) is 13.0. The number of carbonyl (C=O) groups is 1. The van der Waals surface area contributed by atoms with Gasteiger partial charge < -0.3 is 10.2 Å². The van der Waals surface area contributed by atoms with E-state index in [2.05, 4.69) is 31.3 Å². The van der Waals surface area contributed by atoms with Crippen LogP contribution in [0.15, 0.2) is 24.3 Å². The van der Waals surface area contributed by atoms with Gasteiger partial charge in [0.1, 0.15) is 0 Å². The second-order valence-electron chi connectivity index (χ2n) is 4.91. The van der Waals surface area contributed by atoms with Gasteiger partial charge in [0.2, 0.25) is 0 Å². The Morgan fingerprint density at radius 2 is 1.65 bits per heavy atom. The minimum Gasteiger partial charge on any atom is -0.325 e. The molecule has 0 aliphatic heterocycles. The minimum atomic E-state index is -0.0719. The van der Waals surface area contributed by atoms with Gasteiger partial charge in [0.15, 0.2) is 0 Å². The van der Waals surface area contributed by atoms with Gasteiger partial charge in [0, 0.05) is 18.8 Å². The Kier molecular flexibility index (Phi) is 4.55. The molecular weight excluding hydrogens is 212 g/mol. The van der Waals surface area contributed by atoms with E-state index in [1.165, 1.54) is 5.56 Å². The fourth-order valence-corrected chi connectivity index (χ4v) is 1.40. The number of rotatable bonds is 3. The van der Waals surface area contributed by atoms with Gasteiger partial charge in [-0.2, -0.15) is 0 Å². The number of hydrogen-bond donors (Lipinski definition) is 1. The predicted molar refractivity (Wildman–Crippen MR) is 72.4 cm³/mol. The first-order valence-electron chi connectivity index (χ1n) is 6.05. The third-order valence-electron chi connectivity index (χ3n) is 2.92. The first kappa shape index (κ1) is 13.6. The molecule has 2 amide bonds. The van der Waals surface area contributed by atoms with E-state index in [1.54, 1.807) is 11.9 Å². The molecule has 0 aliphatic carbocycles. The van der Waals surface area contributed by atoms with Crippen LogP contribution in [0.4, 0.5) is 10.5 Å². The van der Waals surface area contributed by atoms with Crippen molar-refractivity contribution in [2.24, 2.45) is 0 Å². The van der Waals surface area contributed by atoms with Crippen LogP contribution in [0.5, 0.6) is 0 Å². The summed E-state index contributed by atoms with van der Waals surface area (Å²) in [6.07, 6.45) is 0. The molecule has 1 rings (SSSR count). The van der Waals surface area contributed by atoms with Crippen molar-refractivity contribution in [1.82, 2.24) is 4.90 Å². The number of carbonyl (C=O) groups excluding carboxylic acids is 1. The number of anilines is 1. The number of hydrogen-bond acceptors (Lipinski definition) is 1. The van der Waals surface area contributed by atoms with E-state index in [9.17, 15) is 4.79 Å². The maximum Gasteiger partial charge on any atom is 0.321 e. The summed E-state index contributed by atoms with van der Waals surface area (Å²) >= 11 is 0. The van der Waals surface area contributed by atoms with E-state index in [0.29, 0.717) is 5.92 Å². The van der Waals surface area contributed by atoms with Crippen molar-refractivity contribution in [1.29, 1.82) is 0 Å². The van der Waals surface area contributed by atoms with Gasteiger partial charge in [-0.1, -0.05) is 26.0 Å². The van der Waals surface area contributed by atoms with Crippen LogP contribution in [0.3, 0.4) is 0 Å². The van der Waals surface area contributed by atoms with Gasteiger partial charge in [-0.15, -0.1) is 0 Å². The predicted octanol–water partition coefficient (Wildman–Crippen LogP) is 3.68. The van der Waals surface area contributed by atoms with E-state index in [1.807, 2.05) is 26.0 Å². The van der Waals surface area contributed by atoms with Crippen LogP contribution in [0.1, 0.15) is 39.2 Å². The second-order valence-corrected chi connectivity index (χ2v) is 4.91. The van der Waals surface area contributed by atoms with Gasteiger partial charge in [-0.3, -0.25) is 0 Å². The van der Waals surface area contributed by atoms with Crippen molar-refractivity contribution in [2.45, 2.75) is 39.7 Å². The van der Waals surface area contributed by atoms with Crippen LogP contribution in [0, 0.1) is 0 Å². The molecule has 3 nitrogen and oxygen atoms in total. The Labute approximate surface area is 104 Å². The molecule has 0 bridgehead atoms. The third-order valence-corrected chi connectivity index (χ3v) is 2.92. The molecule has 1 N–H and O–H groups in total. The van der Waals surface area contributed by atoms with Crippen molar-refractivity contribution >= 4 is 11.7 Å². The third kappa shape index (κ3) is 3.77. The highest BCUT2D eigenvalue weighted by Crippen LogP contribution is 2.17. The van der Waals surface area contributed by atoms with E-state index in [4.69, 9.17) is 0 Å². The highest BCUT2D eigenvalue weighted by atomic mass is 16.2. The van der Waals surface area contributed by atoms with Gasteiger partial charge in [-0.05, 0) is 37.5 Å². The van der Waals surface area contributed by atoms with Crippen LogP contribution >= 0.6 is 0 Å². The number of amides is 2. The zero-order valence-corrected chi connectivity index (χ0v) is 11.3. The monoisotopic (exact) mass is 234 g/mol. The van der Waals surface area contributed by atoms with Crippen molar-refractivity contribution < 1.29 is 4.79 Å². The largest absolute Gasteiger partial charge is 0.325 e. The number of nitrogens with one attached hydrogen (secondary N) is 1. The van der Waals surface area contributed by atoms with E-state index < -0.39 is 0 Å². The lowest BCUT2D eigenvalue weighted by Crippen LogP contribution is -2.36. The summed E-state index contributed by atoms with van der Waals surface area (Å²) in [7, 11) is 1.79. The fourth-order valence-electron chi connectivity index (χ4n) is 1.40. The van der Waals surface area contributed by atoms with Gasteiger partial charge >= 0.3 is 6.03 Å². The highest BCUT2D eigenvalue weighted by Gasteiger charge is 2.11. The maximum atomic E-state index is 11.8. The first-order chi connectivity index (χ1) is 7.91. The average Bonchev–Trinajstić information content (AvgIpc) is 2.28. The Balaban J connectivity index is 2.66. The van der Waals surface area contributed by atoms with Gasteiger partial charge in [-0.25, -0.2) is 4.79 Å². The van der Waals surface area contributed by atoms with Crippen molar-refractivity contribution in [3.63, 3.8) is 0 Å². The minimum absolute atomic E-state index is 0.0719. The normalized spacial score (nSPS) is 10.8. The van der Waals surface area contributed by atoms with Crippen LogP contribution < -0.4 is 5.32 Å². The Morgan fingerprint density at radius 1 is 1.12 bits per heavy atom. The lowest BCUT2D eigenvalue weighted by molar-refractivity contribution is 0.211. The molecule has 0 saturated heterocycles. The summed E-state index contributed by atoms with van der Waals surface area (Å²) in [5, 5.41) is 2.88. The molecule has 0 saturated carbocycles. The molecule has 94 valence electrons. The van der Waals surface area contributed by atoms with Crippen molar-refractivity contribution in [2.75, 3.05) is 12.4 Å². The standard InChI is InChI=1S/C14H22N2O/c1-10(2)12-6-8-13(9-7-12)15-14(17)16(5)11(3)4/h6-11H,1-5H3,(H,15,17). The van der Waals surface area contributed by atoms with Gasteiger partial charge in [0.05, 0.1) is 0 Å². The molecule has 3 heteroatoms. The molecule has 0 radical (unpaired) electrons. The lowest BCUT2D eigenvalue weighted by atomic mass is 10.0. The van der Waals surface area contributed by atoms with Crippen LogP contribution in [0.2, 0.25) is 0 Å². The highest BCUT2D eigenvalue weighted by molar-refractivity contribution is 5.89. The summed E-state index contributed by atoms with van der Waals surface area (Å²) in [5.41, 5.74) is 2.12. The Hall–Kier alpha value is -1.51. The summed E-state index contributed by atoms with van der Waals surface area (Å²) < 4.78 is 0. The maximum absolute atomic E-state index is 11.8. The number of urea groups is 1. The summed E-state index contributed by atoms with van der Waals surface area (Å²) in [6, 6.07) is 8.12. The average molecular weight is 234 g/mol. The molecule has 0 heterocycles. The van der Waals surface area contributed by atoms with Crippen LogP contribution in [-0.2, 0) is 0 Å². The summed E-state index contributed by atoms with van der Waals surface area (Å²) in [4.78, 5) is 13.5. The topological polar surface area (TPSA) is 32.3 Å². The smallest absolute Gasteiger partial charge is 0.321 e. The van der Waals surface area contributed by atoms with Crippen LogP contribution in [0.25, 0.3) is 0 Å². The van der Waals surface area contributed by atoms with E-state index in [-0.39, 0.29) is 12.1 Å². The van der Waals surface area contributed by atoms with Crippen molar-refractivity contribution in [3.05, 3.63) is 29.8 Å². The summed E-state index contributed by atoms with van der Waals surface area (Å²) in [6.45, 7) is 8.28. The molecule has 0 unspecified atom stereocenters. The molecule has 17 heavy (non-hydrogen) atoms. The summed E-state index contributed by atoms with van der Waals surface area (Å²) in [5.74, 6) is 0.512. The zero-order valence-electron chi connectivity index (χ0n) is 11.3. The molecule has 0 aromatic heterocycles. The van der Waals surface area contributed by atoms with E-state index in [0.717, 1.165) is 5.69 Å². The number of benzene rings is 1. The lowest BCUT2D eigenvalue weighted by Gasteiger charge is -2.21. The van der Waals surface area contributed by atoms with Crippen LogP contribution in [-0.4, -0.2) is 24.0 Å². The molecule has 1 aromatic carbocycles. The Morgan fingerprint density at radius 3 is 2.06 bits per heavy atom. The van der Waals surface area contributed by atoms with Gasteiger partial charge in [0.25, 0.3) is 0 Å².